The van der Waals surface area contributed by atoms with E-state index in [0.717, 1.165) is 59.9 Å². The second-order valence-electron chi connectivity index (χ2n) is 7.90. The number of nitrogens with zero attached hydrogens (tertiary/aromatic N) is 3. The van der Waals surface area contributed by atoms with Crippen molar-refractivity contribution in [2.75, 3.05) is 57.5 Å². The molecule has 0 aliphatic carbocycles. The molecule has 0 bridgehead atoms. The molecule has 2 aromatic carbocycles. The smallest absolute Gasteiger partial charge is 0.238 e. The van der Waals surface area contributed by atoms with Gasteiger partial charge in [0.25, 0.3) is 0 Å². The van der Waals surface area contributed by atoms with Gasteiger partial charge in [-0.2, -0.15) is 0 Å². The highest BCUT2D eigenvalue weighted by molar-refractivity contribution is 5.95. The third-order valence-electron chi connectivity index (χ3n) is 5.59. The van der Waals surface area contributed by atoms with Crippen LogP contribution in [0.1, 0.15) is 5.56 Å². The minimum atomic E-state index is 0.0203. The zero-order valence-electron chi connectivity index (χ0n) is 18.1. The van der Waals surface area contributed by atoms with Crippen molar-refractivity contribution in [3.05, 3.63) is 60.2 Å². The first-order chi connectivity index (χ1) is 15.1. The van der Waals surface area contributed by atoms with Crippen molar-refractivity contribution in [1.82, 2.24) is 14.8 Å². The number of amides is 1. The number of piperazine rings is 1. The van der Waals surface area contributed by atoms with E-state index in [4.69, 9.17) is 4.74 Å². The fourth-order valence-electron chi connectivity index (χ4n) is 3.75. The van der Waals surface area contributed by atoms with Crippen LogP contribution in [-0.2, 0) is 11.3 Å². The van der Waals surface area contributed by atoms with Gasteiger partial charge in [-0.05, 0) is 43.4 Å². The molecule has 2 heterocycles. The molecule has 1 fully saturated rings. The number of rotatable bonds is 7. The Balaban J connectivity index is 1.37. The van der Waals surface area contributed by atoms with Crippen LogP contribution in [0.4, 0.5) is 11.5 Å². The predicted molar refractivity (Wildman–Crippen MR) is 125 cm³/mol. The molecule has 7 heteroatoms. The summed E-state index contributed by atoms with van der Waals surface area (Å²) < 4.78 is 5.40. The minimum absolute atomic E-state index is 0.0203. The summed E-state index contributed by atoms with van der Waals surface area (Å²) in [5.74, 6) is 1.67. The molecule has 0 atom stereocenters. The molecule has 1 amide bonds. The fourth-order valence-corrected chi connectivity index (χ4v) is 3.75. The second kappa shape index (κ2) is 9.76. The van der Waals surface area contributed by atoms with E-state index in [1.807, 2.05) is 54.6 Å². The van der Waals surface area contributed by atoms with Crippen LogP contribution < -0.4 is 15.4 Å². The molecular formula is C24H29N5O2. The van der Waals surface area contributed by atoms with Crippen LogP contribution in [0.25, 0.3) is 10.9 Å². The number of nitrogens with one attached hydrogen (secondary N) is 2. The van der Waals surface area contributed by atoms with E-state index >= 15 is 0 Å². The number of benzene rings is 2. The maximum atomic E-state index is 12.4. The van der Waals surface area contributed by atoms with E-state index in [2.05, 4.69) is 32.5 Å². The van der Waals surface area contributed by atoms with Crippen LogP contribution in [0.5, 0.6) is 5.75 Å². The first-order valence-electron chi connectivity index (χ1n) is 10.6. The normalized spacial score (nSPS) is 15.0. The van der Waals surface area contributed by atoms with Crippen LogP contribution in [-0.4, -0.2) is 67.6 Å². The molecule has 4 rings (SSSR count). The lowest BCUT2D eigenvalue weighted by Gasteiger charge is -2.31. The van der Waals surface area contributed by atoms with E-state index in [1.165, 1.54) is 0 Å². The first-order valence-corrected chi connectivity index (χ1v) is 10.6. The molecule has 7 nitrogen and oxygen atoms in total. The number of carbonyl (C=O) groups excluding carboxylic acids is 1. The van der Waals surface area contributed by atoms with E-state index in [-0.39, 0.29) is 5.91 Å². The number of likely N-dealkylation sites (N-methyl/N-ethyl adjacent to an activating group) is 1. The molecule has 1 aliphatic rings. The highest BCUT2D eigenvalue weighted by Crippen LogP contribution is 2.22. The number of ether oxygens (including phenoxy) is 1. The Morgan fingerprint density at radius 1 is 1.06 bits per heavy atom. The molecular weight excluding hydrogens is 390 g/mol. The van der Waals surface area contributed by atoms with Gasteiger partial charge in [-0.3, -0.25) is 9.69 Å². The van der Waals surface area contributed by atoms with Gasteiger partial charge >= 0.3 is 0 Å². The lowest BCUT2D eigenvalue weighted by Crippen LogP contribution is -2.47. The monoisotopic (exact) mass is 419 g/mol. The maximum absolute atomic E-state index is 12.4. The second-order valence-corrected chi connectivity index (χ2v) is 7.90. The van der Waals surface area contributed by atoms with Gasteiger partial charge in [0.05, 0.1) is 19.2 Å². The van der Waals surface area contributed by atoms with Gasteiger partial charge in [-0.25, -0.2) is 4.98 Å². The van der Waals surface area contributed by atoms with Crippen LogP contribution in [0.2, 0.25) is 0 Å². The molecule has 1 aliphatic heterocycles. The molecule has 162 valence electrons. The van der Waals surface area contributed by atoms with Crippen LogP contribution in [0, 0.1) is 0 Å². The highest BCUT2D eigenvalue weighted by atomic mass is 16.5. The number of hydrogen-bond donors (Lipinski definition) is 2. The lowest BCUT2D eigenvalue weighted by atomic mass is 10.2. The third-order valence-corrected chi connectivity index (χ3v) is 5.59. The Bertz CT molecular complexity index is 1050. The standard InChI is InChI=1S/C24H29N5O2/c1-28-11-13-29(14-12-28)17-24(30)26-20-8-9-21-18(15-20)7-10-23(27-21)25-16-19-5-3-4-6-22(19)31-2/h3-10,15H,11-14,16-17H2,1-2H3,(H,25,27)(H,26,30). The van der Waals surface area contributed by atoms with Crippen molar-refractivity contribution in [1.29, 1.82) is 0 Å². The summed E-state index contributed by atoms with van der Waals surface area (Å²) in [6.07, 6.45) is 0. The number of hydrogen-bond acceptors (Lipinski definition) is 6. The van der Waals surface area contributed by atoms with E-state index in [0.29, 0.717) is 13.1 Å². The maximum Gasteiger partial charge on any atom is 0.238 e. The van der Waals surface area contributed by atoms with Gasteiger partial charge in [0.15, 0.2) is 0 Å². The molecule has 0 unspecified atom stereocenters. The quantitative estimate of drug-likeness (QED) is 0.614. The van der Waals surface area contributed by atoms with E-state index in [1.54, 1.807) is 7.11 Å². The Labute approximate surface area is 183 Å². The Kier molecular flexibility index (Phi) is 6.64. The Morgan fingerprint density at radius 3 is 2.68 bits per heavy atom. The van der Waals surface area contributed by atoms with Crippen molar-refractivity contribution in [2.45, 2.75) is 6.54 Å². The molecule has 0 saturated carbocycles. The van der Waals surface area contributed by atoms with Gasteiger partial charge < -0.3 is 20.3 Å². The minimum Gasteiger partial charge on any atom is -0.496 e. The van der Waals surface area contributed by atoms with Crippen molar-refractivity contribution in [3.63, 3.8) is 0 Å². The number of para-hydroxylation sites is 1. The number of pyridine rings is 1. The Hall–Kier alpha value is -3.16. The average Bonchev–Trinajstić information content (AvgIpc) is 2.79. The Morgan fingerprint density at radius 2 is 1.87 bits per heavy atom. The summed E-state index contributed by atoms with van der Waals surface area (Å²) in [6, 6.07) is 17.7. The van der Waals surface area contributed by atoms with Gasteiger partial charge in [0.1, 0.15) is 11.6 Å². The molecule has 0 spiro atoms. The number of aromatic nitrogens is 1. The van der Waals surface area contributed by atoms with Crippen LogP contribution in [0.3, 0.4) is 0 Å². The van der Waals surface area contributed by atoms with Crippen molar-refractivity contribution in [2.24, 2.45) is 0 Å². The lowest BCUT2D eigenvalue weighted by molar-refractivity contribution is -0.117. The summed E-state index contributed by atoms with van der Waals surface area (Å²) >= 11 is 0. The SMILES string of the molecule is COc1ccccc1CNc1ccc2cc(NC(=O)CN3CCN(C)CC3)ccc2n1. The number of methoxy groups -OCH3 is 1. The van der Waals surface area contributed by atoms with Crippen molar-refractivity contribution in [3.8, 4) is 5.75 Å². The number of fused-ring (bicyclic) bond motifs is 1. The predicted octanol–water partition coefficient (Wildman–Crippen LogP) is 3.04. The fraction of sp³-hybridized carbons (Fsp3) is 0.333. The molecule has 1 saturated heterocycles. The molecule has 1 aromatic heterocycles. The topological polar surface area (TPSA) is 69.7 Å². The van der Waals surface area contributed by atoms with Gasteiger partial charge in [-0.15, -0.1) is 0 Å². The highest BCUT2D eigenvalue weighted by Gasteiger charge is 2.16. The summed E-state index contributed by atoms with van der Waals surface area (Å²) in [5.41, 5.74) is 2.75. The molecule has 31 heavy (non-hydrogen) atoms. The summed E-state index contributed by atoms with van der Waals surface area (Å²) in [4.78, 5) is 21.6. The van der Waals surface area contributed by atoms with E-state index in [9.17, 15) is 4.79 Å². The summed E-state index contributed by atoms with van der Waals surface area (Å²) in [7, 11) is 3.79. The van der Waals surface area contributed by atoms with Crippen molar-refractivity contribution >= 4 is 28.3 Å². The van der Waals surface area contributed by atoms with Crippen LogP contribution in [0.15, 0.2) is 54.6 Å². The zero-order valence-corrected chi connectivity index (χ0v) is 18.1. The van der Waals surface area contributed by atoms with Gasteiger partial charge in [-0.1, -0.05) is 18.2 Å². The zero-order chi connectivity index (χ0) is 21.6. The van der Waals surface area contributed by atoms with Crippen LogP contribution >= 0.6 is 0 Å². The third kappa shape index (κ3) is 5.51. The molecule has 3 aromatic rings. The average molecular weight is 420 g/mol. The van der Waals surface area contributed by atoms with E-state index < -0.39 is 0 Å². The largest absolute Gasteiger partial charge is 0.496 e. The van der Waals surface area contributed by atoms with Gasteiger partial charge in [0.2, 0.25) is 5.91 Å². The number of carbonyl (C=O) groups is 1. The van der Waals surface area contributed by atoms with Crippen molar-refractivity contribution < 1.29 is 9.53 Å². The molecule has 0 radical (unpaired) electrons. The molecule has 2 N–H and O–H groups in total. The summed E-state index contributed by atoms with van der Waals surface area (Å²) in [6.45, 7) is 4.91. The first kappa shape index (κ1) is 21.1. The number of anilines is 2. The summed E-state index contributed by atoms with van der Waals surface area (Å²) in [5, 5.41) is 7.35. The van der Waals surface area contributed by atoms with Gasteiger partial charge in [0, 0.05) is 49.4 Å².